The summed E-state index contributed by atoms with van der Waals surface area (Å²) < 4.78 is 95.1. The van der Waals surface area contributed by atoms with Crippen molar-refractivity contribution in [3.8, 4) is 40.6 Å². The van der Waals surface area contributed by atoms with Crippen LogP contribution in [0.2, 0.25) is 0 Å². The van der Waals surface area contributed by atoms with E-state index in [0.717, 1.165) is 30.5 Å². The Balaban J connectivity index is 0.714. The maximum atomic E-state index is 13.8. The molecule has 382 valence electrons. The van der Waals surface area contributed by atoms with E-state index in [9.17, 15) is 41.4 Å². The van der Waals surface area contributed by atoms with Gasteiger partial charge in [0.2, 0.25) is 10.0 Å². The number of phenolic OH excluding ortho intramolecular Hbond substituents is 2. The molecule has 9 rings (SSSR count). The maximum absolute atomic E-state index is 13.8. The van der Waals surface area contributed by atoms with Gasteiger partial charge < -0.3 is 59.3 Å². The van der Waals surface area contributed by atoms with E-state index < -0.39 is 40.2 Å². The minimum Gasteiger partial charge on any atom is -0.508 e. The zero-order valence-corrected chi connectivity index (χ0v) is 40.2. The number of hydrogen-bond donors (Lipinski definition) is 6. The first-order valence-corrected chi connectivity index (χ1v) is 24.8. The average Bonchev–Trinajstić information content (AvgIpc) is 3.85. The molecule has 0 aliphatic carbocycles. The van der Waals surface area contributed by atoms with Crippen LogP contribution in [0.15, 0.2) is 102 Å². The Morgan fingerprint density at radius 3 is 2.27 bits per heavy atom. The van der Waals surface area contributed by atoms with Gasteiger partial charge >= 0.3 is 12.1 Å². The first-order chi connectivity index (χ1) is 35.0. The topological polar surface area (TPSA) is 225 Å². The van der Waals surface area contributed by atoms with E-state index in [1.165, 1.54) is 49.6 Å². The Morgan fingerprint density at radius 1 is 0.877 bits per heavy atom. The number of anilines is 2. The fraction of sp³-hybridized carbons (Fsp3) is 0.308. The highest BCUT2D eigenvalue weighted by molar-refractivity contribution is 7.89. The highest BCUT2D eigenvalue weighted by Gasteiger charge is 2.54. The van der Waals surface area contributed by atoms with E-state index in [1.54, 1.807) is 48.5 Å². The van der Waals surface area contributed by atoms with Gasteiger partial charge in [-0.25, -0.2) is 18.4 Å². The van der Waals surface area contributed by atoms with Crippen LogP contribution in [0.5, 0.6) is 28.7 Å². The van der Waals surface area contributed by atoms with Gasteiger partial charge in [0, 0.05) is 83.7 Å². The number of sulfonamides is 1. The van der Waals surface area contributed by atoms with Crippen molar-refractivity contribution in [2.24, 2.45) is 5.14 Å². The number of primary sulfonamides is 1. The number of carbonyl (C=O) groups is 2. The number of likely N-dealkylation sites (tertiary alicyclic amines) is 1. The van der Waals surface area contributed by atoms with E-state index in [1.807, 2.05) is 6.07 Å². The van der Waals surface area contributed by atoms with Crippen LogP contribution in [0.25, 0.3) is 10.9 Å². The summed E-state index contributed by atoms with van der Waals surface area (Å²) in [5, 5.41) is 35.7. The molecule has 3 aliphatic rings. The van der Waals surface area contributed by atoms with Gasteiger partial charge in [0.05, 0.1) is 67.4 Å². The number of nitrogens with zero attached hydrogens (tertiary/aromatic N) is 2. The third-order valence-corrected chi connectivity index (χ3v) is 13.7. The maximum Gasteiger partial charge on any atom is 0.406 e. The number of ether oxygens (including phenoxy) is 5. The second-order valence-corrected chi connectivity index (χ2v) is 19.1. The van der Waals surface area contributed by atoms with Crippen molar-refractivity contribution in [2.45, 2.75) is 42.1 Å². The predicted octanol–water partition coefficient (Wildman–Crippen LogP) is 6.64. The van der Waals surface area contributed by atoms with Crippen molar-refractivity contribution in [2.75, 3.05) is 76.9 Å². The van der Waals surface area contributed by atoms with Crippen LogP contribution < -0.4 is 30.6 Å². The van der Waals surface area contributed by atoms with E-state index >= 15 is 0 Å². The van der Waals surface area contributed by atoms with Crippen molar-refractivity contribution in [3.63, 3.8) is 0 Å². The second-order valence-electron chi connectivity index (χ2n) is 17.6. The van der Waals surface area contributed by atoms with Gasteiger partial charge in [-0.1, -0.05) is 12.0 Å². The van der Waals surface area contributed by atoms with Gasteiger partial charge in [-0.15, -0.1) is 0 Å². The quantitative estimate of drug-likeness (QED) is 0.0320. The molecule has 0 unspecified atom stereocenters. The molecular formula is C52H51F3N6O11S. The molecule has 21 heteroatoms. The number of aromatic hydroxyl groups is 2. The van der Waals surface area contributed by atoms with Crippen molar-refractivity contribution in [1.29, 1.82) is 0 Å². The lowest BCUT2D eigenvalue weighted by Crippen LogP contribution is -2.40. The summed E-state index contributed by atoms with van der Waals surface area (Å²) in [7, 11) is -2.59. The number of carbonyl (C=O) groups excluding carboxylic acids is 2. The smallest absolute Gasteiger partial charge is 0.406 e. The fourth-order valence-corrected chi connectivity index (χ4v) is 9.88. The molecule has 0 atom stereocenters. The molecule has 6 aromatic rings. The molecule has 7 N–H and O–H groups in total. The van der Waals surface area contributed by atoms with E-state index in [4.69, 9.17) is 28.8 Å². The largest absolute Gasteiger partial charge is 0.508 e. The molecule has 3 aliphatic heterocycles. The van der Waals surface area contributed by atoms with Crippen LogP contribution in [-0.4, -0.2) is 118 Å². The lowest BCUT2D eigenvalue weighted by atomic mass is 9.77. The van der Waals surface area contributed by atoms with E-state index in [2.05, 4.69) is 32.7 Å². The molecule has 73 heavy (non-hydrogen) atoms. The van der Waals surface area contributed by atoms with E-state index in [-0.39, 0.29) is 76.2 Å². The third kappa shape index (κ3) is 11.0. The molecular weight excluding hydrogens is 974 g/mol. The molecule has 5 aromatic carbocycles. The first-order valence-electron chi connectivity index (χ1n) is 23.3. The number of methoxy groups -OCH3 is 1. The molecule has 1 amide bonds. The van der Waals surface area contributed by atoms with Gasteiger partial charge in [0.15, 0.2) is 5.60 Å². The minimum atomic E-state index is -4.50. The number of benzene rings is 5. The zero-order valence-electron chi connectivity index (χ0n) is 39.4. The third-order valence-electron chi connectivity index (χ3n) is 12.8. The molecule has 1 spiro atoms. The zero-order chi connectivity index (χ0) is 51.5. The molecule has 1 aromatic heterocycles. The molecule has 0 radical (unpaired) electrons. The normalized spacial score (nSPS) is 15.1. The number of hydrogen-bond acceptors (Lipinski definition) is 14. The highest BCUT2D eigenvalue weighted by Crippen LogP contribution is 2.57. The van der Waals surface area contributed by atoms with Crippen molar-refractivity contribution >= 4 is 44.2 Å². The van der Waals surface area contributed by atoms with Crippen LogP contribution in [0.1, 0.15) is 55.9 Å². The summed E-state index contributed by atoms with van der Waals surface area (Å²) in [5.74, 6) is 5.30. The average molecular weight is 1030 g/mol. The summed E-state index contributed by atoms with van der Waals surface area (Å²) in [6, 6.07) is 24.6. The summed E-state index contributed by atoms with van der Waals surface area (Å²) in [6.45, 7) is 2.67. The van der Waals surface area contributed by atoms with Gasteiger partial charge in [0.1, 0.15) is 35.3 Å². The van der Waals surface area contributed by atoms with Crippen LogP contribution >= 0.6 is 0 Å². The number of nitrogens with one attached hydrogen (secondary N) is 3. The number of esters is 1. The SMILES string of the molecule is COc1cc(S(N)(=O)=O)ccc1NCC#Cc1cc2c(NC3CCN(CCOCCOCCNC(=O)c4ccc5c(c4)C4(OC5=O)c5ccc(O)cc5Oc5cc(O)ccc54)CC3)cccc2n1CC(F)(F)F. The molecule has 1 fully saturated rings. The standard InChI is InChI=1S/C52H51F3N6O11S/c1-68-48-30-37(73(56,66)67)10-14-44(48)57-17-3-4-34-27-39-43(5-2-6-45(39)61(34)31-51(53,54)55)59-33-15-19-60(20-16-33)21-23-70-25-24-69-22-18-58-49(64)32-7-11-38-42(26-32)52(72-50(38)65)40-12-8-35(62)28-46(40)71-47-29-36(63)9-13-41(47)52/h2,5-14,26-30,33,57,59,62-63H,15-25,31H2,1H3,(H,58,64)(H2,56,66,67). The van der Waals surface area contributed by atoms with Crippen molar-refractivity contribution in [3.05, 3.63) is 131 Å². The second kappa shape index (κ2) is 20.9. The van der Waals surface area contributed by atoms with Crippen LogP contribution in [0, 0.1) is 11.8 Å². The van der Waals surface area contributed by atoms with Crippen molar-refractivity contribution < 1.29 is 65.1 Å². The van der Waals surface area contributed by atoms with E-state index in [0.29, 0.717) is 65.3 Å². The lowest BCUT2D eigenvalue weighted by molar-refractivity contribution is -0.140. The number of amides is 1. The fourth-order valence-electron chi connectivity index (χ4n) is 9.35. The van der Waals surface area contributed by atoms with Gasteiger partial charge in [-0.2, -0.15) is 13.2 Å². The Labute approximate surface area is 418 Å². The molecule has 0 saturated carbocycles. The number of rotatable bonds is 17. The van der Waals surface area contributed by atoms with Crippen LogP contribution in [0.3, 0.4) is 0 Å². The van der Waals surface area contributed by atoms with Gasteiger partial charge in [0.25, 0.3) is 5.91 Å². The number of piperidine rings is 1. The summed E-state index contributed by atoms with van der Waals surface area (Å²) in [4.78, 5) is 28.8. The Bertz CT molecular complexity index is 3200. The van der Waals surface area contributed by atoms with Crippen LogP contribution in [-0.2, 0) is 36.4 Å². The highest BCUT2D eigenvalue weighted by atomic mass is 32.2. The Hall–Kier alpha value is -7.48. The number of nitrogens with two attached hydrogens (primary N) is 1. The predicted molar refractivity (Wildman–Crippen MR) is 263 cm³/mol. The number of fused-ring (bicyclic) bond motifs is 7. The summed E-state index contributed by atoms with van der Waals surface area (Å²) in [6.07, 6.45) is -2.89. The number of aromatic nitrogens is 1. The Morgan fingerprint density at radius 2 is 1.59 bits per heavy atom. The molecule has 4 heterocycles. The number of phenols is 2. The summed E-state index contributed by atoms with van der Waals surface area (Å²) in [5.41, 5.74) is 2.08. The monoisotopic (exact) mass is 1020 g/mol. The minimum absolute atomic E-state index is 0.0279. The number of halogens is 3. The Kier molecular flexibility index (Phi) is 14.5. The van der Waals surface area contributed by atoms with Gasteiger partial charge in [-0.3, -0.25) is 4.79 Å². The molecule has 1 saturated heterocycles. The molecule has 17 nitrogen and oxygen atoms in total. The molecule has 0 bridgehead atoms. The van der Waals surface area contributed by atoms with Crippen molar-refractivity contribution in [1.82, 2.24) is 14.8 Å². The van der Waals surface area contributed by atoms with Gasteiger partial charge in [-0.05, 0) is 91.6 Å². The lowest BCUT2D eigenvalue weighted by Gasteiger charge is -2.36. The van der Waals surface area contributed by atoms with Crippen LogP contribution in [0.4, 0.5) is 24.5 Å². The summed E-state index contributed by atoms with van der Waals surface area (Å²) >= 11 is 0. The first kappa shape index (κ1) is 50.5. The number of alkyl halides is 3.